The number of nitrogens with zero attached hydrogens (tertiary/aromatic N) is 1. The van der Waals surface area contributed by atoms with Crippen LogP contribution in [0.4, 0.5) is 0 Å². The first-order valence-electron chi connectivity index (χ1n) is 9.65. The number of hydrogen-bond donors (Lipinski definition) is 1. The van der Waals surface area contributed by atoms with Crippen molar-refractivity contribution in [3.05, 3.63) is 52.3 Å². The molecule has 1 amide bonds. The van der Waals surface area contributed by atoms with Crippen molar-refractivity contribution >= 4 is 17.7 Å². The minimum absolute atomic E-state index is 0.152. The molecular formula is C22H28N2O6. The number of rotatable bonds is 10. The Labute approximate surface area is 176 Å². The van der Waals surface area contributed by atoms with Crippen LogP contribution in [0.3, 0.4) is 0 Å². The van der Waals surface area contributed by atoms with Crippen molar-refractivity contribution in [2.45, 2.75) is 20.8 Å². The zero-order valence-corrected chi connectivity index (χ0v) is 18.0. The molecule has 1 N–H and O–H groups in total. The molecule has 1 aromatic heterocycles. The molecule has 0 aliphatic rings. The maximum Gasteiger partial charge on any atom is 0.355 e. The molecule has 0 unspecified atom stereocenters. The predicted molar refractivity (Wildman–Crippen MR) is 111 cm³/mol. The Morgan fingerprint density at radius 1 is 1.13 bits per heavy atom. The van der Waals surface area contributed by atoms with Crippen molar-refractivity contribution in [3.8, 4) is 5.75 Å². The molecule has 1 heterocycles. The summed E-state index contributed by atoms with van der Waals surface area (Å²) < 4.78 is 15.3. The third-order valence-electron chi connectivity index (χ3n) is 4.70. The number of amides is 1. The highest BCUT2D eigenvalue weighted by atomic mass is 16.5. The van der Waals surface area contributed by atoms with Gasteiger partial charge in [0, 0.05) is 30.5 Å². The molecule has 8 nitrogen and oxygen atoms in total. The summed E-state index contributed by atoms with van der Waals surface area (Å²) in [4.78, 5) is 42.6. The standard InChI is InChI=1S/C22H28N2O6/c1-6-30-22(27)20-14(2)19(15(3)23-20)18(25)13-24(10-11-28-4)21(26)16-8-7-9-17(12-16)29-5/h7-9,12,23H,6,10-11,13H2,1-5H3. The number of nitrogens with one attached hydrogen (secondary N) is 1. The van der Waals surface area contributed by atoms with Gasteiger partial charge in [0.1, 0.15) is 11.4 Å². The largest absolute Gasteiger partial charge is 0.497 e. The third-order valence-corrected chi connectivity index (χ3v) is 4.70. The normalized spacial score (nSPS) is 10.6. The number of H-pyrrole nitrogens is 1. The van der Waals surface area contributed by atoms with Crippen LogP contribution in [0.1, 0.15) is 49.4 Å². The van der Waals surface area contributed by atoms with E-state index in [0.29, 0.717) is 28.1 Å². The van der Waals surface area contributed by atoms with Crippen LogP contribution in [-0.2, 0) is 9.47 Å². The molecule has 0 radical (unpaired) electrons. The summed E-state index contributed by atoms with van der Waals surface area (Å²) in [6.45, 7) is 5.72. The van der Waals surface area contributed by atoms with E-state index < -0.39 is 5.97 Å². The molecule has 0 spiro atoms. The Bertz CT molecular complexity index is 918. The molecule has 0 bridgehead atoms. The highest BCUT2D eigenvalue weighted by molar-refractivity contribution is 6.05. The van der Waals surface area contributed by atoms with Gasteiger partial charge in [-0.2, -0.15) is 0 Å². The van der Waals surface area contributed by atoms with Crippen LogP contribution in [0.2, 0.25) is 0 Å². The molecule has 0 saturated heterocycles. The number of ketones is 1. The Kier molecular flexibility index (Phi) is 8.17. The molecule has 0 aliphatic carbocycles. The van der Waals surface area contributed by atoms with Gasteiger partial charge < -0.3 is 24.1 Å². The molecule has 0 atom stereocenters. The Morgan fingerprint density at radius 3 is 2.50 bits per heavy atom. The number of esters is 1. The molecule has 2 rings (SSSR count). The molecule has 0 fully saturated rings. The van der Waals surface area contributed by atoms with E-state index in [9.17, 15) is 14.4 Å². The van der Waals surface area contributed by atoms with Crippen molar-refractivity contribution in [3.63, 3.8) is 0 Å². The lowest BCUT2D eigenvalue weighted by Crippen LogP contribution is -2.38. The summed E-state index contributed by atoms with van der Waals surface area (Å²) >= 11 is 0. The second kappa shape index (κ2) is 10.6. The fraction of sp³-hybridized carbons (Fsp3) is 0.409. The first-order valence-corrected chi connectivity index (χ1v) is 9.65. The topological polar surface area (TPSA) is 97.9 Å². The second-order valence-electron chi connectivity index (χ2n) is 6.72. The van der Waals surface area contributed by atoms with Crippen molar-refractivity contribution < 1.29 is 28.6 Å². The van der Waals surface area contributed by atoms with Gasteiger partial charge in [-0.3, -0.25) is 9.59 Å². The number of aromatic nitrogens is 1. The lowest BCUT2D eigenvalue weighted by molar-refractivity contribution is 0.0519. The number of methoxy groups -OCH3 is 2. The smallest absolute Gasteiger partial charge is 0.355 e. The minimum atomic E-state index is -0.513. The molecule has 30 heavy (non-hydrogen) atoms. The maximum absolute atomic E-state index is 13.1. The number of ether oxygens (including phenoxy) is 3. The van der Waals surface area contributed by atoms with Crippen molar-refractivity contribution in [2.24, 2.45) is 0 Å². The van der Waals surface area contributed by atoms with Gasteiger partial charge >= 0.3 is 5.97 Å². The molecule has 0 saturated carbocycles. The first-order chi connectivity index (χ1) is 14.3. The zero-order valence-electron chi connectivity index (χ0n) is 18.0. The monoisotopic (exact) mass is 416 g/mol. The SMILES string of the molecule is CCOC(=O)c1[nH]c(C)c(C(=O)CN(CCOC)C(=O)c2cccc(OC)c2)c1C. The fourth-order valence-electron chi connectivity index (χ4n) is 3.22. The van der Waals surface area contributed by atoms with Crippen LogP contribution < -0.4 is 4.74 Å². The lowest BCUT2D eigenvalue weighted by Gasteiger charge is -2.22. The highest BCUT2D eigenvalue weighted by Crippen LogP contribution is 2.21. The minimum Gasteiger partial charge on any atom is -0.497 e. The van der Waals surface area contributed by atoms with Crippen molar-refractivity contribution in [1.82, 2.24) is 9.88 Å². The van der Waals surface area contributed by atoms with Crippen LogP contribution >= 0.6 is 0 Å². The van der Waals surface area contributed by atoms with E-state index >= 15 is 0 Å². The summed E-state index contributed by atoms with van der Waals surface area (Å²) in [5.74, 6) is -0.545. The van der Waals surface area contributed by atoms with Crippen LogP contribution in [-0.4, -0.2) is 68.1 Å². The second-order valence-corrected chi connectivity index (χ2v) is 6.72. The Hall–Kier alpha value is -3.13. The van der Waals surface area contributed by atoms with Gasteiger partial charge in [0.2, 0.25) is 0 Å². The van der Waals surface area contributed by atoms with Gasteiger partial charge in [0.25, 0.3) is 5.91 Å². The van der Waals surface area contributed by atoms with Gasteiger partial charge in [0.05, 0.1) is 26.9 Å². The van der Waals surface area contributed by atoms with E-state index in [2.05, 4.69) is 4.98 Å². The van der Waals surface area contributed by atoms with Gasteiger partial charge in [-0.1, -0.05) is 6.07 Å². The third kappa shape index (κ3) is 5.27. The quantitative estimate of drug-likeness (QED) is 0.472. The summed E-state index contributed by atoms with van der Waals surface area (Å²) in [6.07, 6.45) is 0. The van der Waals surface area contributed by atoms with E-state index in [0.717, 1.165) is 0 Å². The number of carbonyl (C=O) groups is 3. The van der Waals surface area contributed by atoms with Crippen molar-refractivity contribution in [2.75, 3.05) is 40.5 Å². The number of carbonyl (C=O) groups excluding carboxylic acids is 3. The van der Waals surface area contributed by atoms with E-state index in [4.69, 9.17) is 14.2 Å². The number of aromatic amines is 1. The summed E-state index contributed by atoms with van der Waals surface area (Å²) in [7, 11) is 3.05. The number of Topliss-reactive ketones (excluding diaryl/α,β-unsaturated/α-hetero) is 1. The van der Waals surface area contributed by atoms with Crippen LogP contribution in [0.25, 0.3) is 0 Å². The molecule has 162 valence electrons. The summed E-state index contributed by atoms with van der Waals surface area (Å²) in [5.41, 5.74) is 2.12. The molecule has 8 heteroatoms. The van der Waals surface area contributed by atoms with E-state index in [1.807, 2.05) is 0 Å². The number of benzene rings is 1. The average molecular weight is 416 g/mol. The van der Waals surface area contributed by atoms with Crippen LogP contribution in [0.15, 0.2) is 24.3 Å². The van der Waals surface area contributed by atoms with Crippen LogP contribution in [0, 0.1) is 13.8 Å². The predicted octanol–water partition coefficient (Wildman–Crippen LogP) is 2.79. The molecule has 0 aliphatic heterocycles. The van der Waals surface area contributed by atoms with Crippen LogP contribution in [0.5, 0.6) is 5.75 Å². The van der Waals surface area contributed by atoms with E-state index in [1.165, 1.54) is 19.1 Å². The fourth-order valence-corrected chi connectivity index (χ4v) is 3.22. The zero-order chi connectivity index (χ0) is 22.3. The number of hydrogen-bond acceptors (Lipinski definition) is 6. The summed E-state index contributed by atoms with van der Waals surface area (Å²) in [6, 6.07) is 6.75. The first kappa shape index (κ1) is 23.2. The number of aryl methyl sites for hydroxylation is 1. The van der Waals surface area contributed by atoms with E-state index in [1.54, 1.807) is 45.0 Å². The van der Waals surface area contributed by atoms with Gasteiger partial charge in [-0.15, -0.1) is 0 Å². The molecule has 2 aromatic rings. The molecule has 1 aromatic carbocycles. The maximum atomic E-state index is 13.1. The van der Waals surface area contributed by atoms with Crippen molar-refractivity contribution in [1.29, 1.82) is 0 Å². The van der Waals surface area contributed by atoms with E-state index in [-0.39, 0.29) is 43.7 Å². The van der Waals surface area contributed by atoms with Gasteiger partial charge in [-0.25, -0.2) is 4.79 Å². The summed E-state index contributed by atoms with van der Waals surface area (Å²) in [5, 5.41) is 0. The van der Waals surface area contributed by atoms with Gasteiger partial charge in [-0.05, 0) is 44.5 Å². The highest BCUT2D eigenvalue weighted by Gasteiger charge is 2.26. The Balaban J connectivity index is 2.29. The lowest BCUT2D eigenvalue weighted by atomic mass is 10.0. The Morgan fingerprint density at radius 2 is 1.87 bits per heavy atom. The average Bonchev–Trinajstić information content (AvgIpc) is 3.04. The van der Waals surface area contributed by atoms with Gasteiger partial charge in [0.15, 0.2) is 5.78 Å². The molecular weight excluding hydrogens is 388 g/mol.